The Bertz CT molecular complexity index is 803. The summed E-state index contributed by atoms with van der Waals surface area (Å²) < 4.78 is 5.16. The van der Waals surface area contributed by atoms with Crippen LogP contribution in [0.15, 0.2) is 48.5 Å². The molecule has 6 heteroatoms. The molecular weight excluding hydrogens is 344 g/mol. The van der Waals surface area contributed by atoms with Crippen molar-refractivity contribution in [2.24, 2.45) is 0 Å². The summed E-state index contributed by atoms with van der Waals surface area (Å²) in [4.78, 5) is 35.0. The number of benzene rings is 2. The van der Waals surface area contributed by atoms with E-state index in [-0.39, 0.29) is 24.7 Å². The van der Waals surface area contributed by atoms with Crippen molar-refractivity contribution in [1.29, 1.82) is 0 Å². The maximum absolute atomic E-state index is 12.0. The van der Waals surface area contributed by atoms with E-state index in [1.807, 2.05) is 37.3 Å². The zero-order valence-corrected chi connectivity index (χ0v) is 15.6. The van der Waals surface area contributed by atoms with Crippen LogP contribution in [-0.4, -0.2) is 24.4 Å². The summed E-state index contributed by atoms with van der Waals surface area (Å²) in [6.07, 6.45) is 0.701. The van der Waals surface area contributed by atoms with Gasteiger partial charge in [0.15, 0.2) is 0 Å². The molecule has 0 bridgehead atoms. The number of esters is 1. The van der Waals surface area contributed by atoms with E-state index in [2.05, 4.69) is 10.6 Å². The minimum Gasteiger partial charge on any atom is -0.465 e. The second-order valence-electron chi connectivity index (χ2n) is 6.22. The van der Waals surface area contributed by atoms with Crippen molar-refractivity contribution in [1.82, 2.24) is 0 Å². The zero-order valence-electron chi connectivity index (χ0n) is 15.6. The van der Waals surface area contributed by atoms with Gasteiger partial charge in [0, 0.05) is 31.1 Å². The molecule has 6 nitrogen and oxygen atoms in total. The minimum absolute atomic E-state index is 0.0189. The van der Waals surface area contributed by atoms with E-state index >= 15 is 0 Å². The van der Waals surface area contributed by atoms with Crippen LogP contribution < -0.4 is 10.6 Å². The monoisotopic (exact) mass is 368 g/mol. The van der Waals surface area contributed by atoms with Crippen molar-refractivity contribution in [3.05, 3.63) is 59.7 Å². The maximum atomic E-state index is 12.0. The van der Waals surface area contributed by atoms with Gasteiger partial charge in [-0.15, -0.1) is 0 Å². The molecule has 2 aromatic carbocycles. The Balaban J connectivity index is 1.74. The Kier molecular flexibility index (Phi) is 7.55. The van der Waals surface area contributed by atoms with Crippen molar-refractivity contribution in [3.63, 3.8) is 0 Å². The van der Waals surface area contributed by atoms with Gasteiger partial charge >= 0.3 is 5.97 Å². The molecule has 0 unspecified atom stereocenters. The summed E-state index contributed by atoms with van der Waals surface area (Å²) in [5.74, 6) is -0.864. The molecule has 0 aliphatic carbocycles. The zero-order chi connectivity index (χ0) is 19.6. The Morgan fingerprint density at radius 1 is 0.963 bits per heavy atom. The van der Waals surface area contributed by atoms with Crippen molar-refractivity contribution >= 4 is 29.2 Å². The Morgan fingerprint density at radius 3 is 2.41 bits per heavy atom. The van der Waals surface area contributed by atoms with Crippen LogP contribution in [0.25, 0.3) is 0 Å². The lowest BCUT2D eigenvalue weighted by Gasteiger charge is -2.10. The molecule has 0 fully saturated rings. The highest BCUT2D eigenvalue weighted by Gasteiger charge is 2.10. The highest BCUT2D eigenvalue weighted by molar-refractivity contribution is 5.94. The van der Waals surface area contributed by atoms with Gasteiger partial charge in [0.25, 0.3) is 0 Å². The molecule has 142 valence electrons. The lowest BCUT2D eigenvalue weighted by atomic mass is 10.1. The van der Waals surface area contributed by atoms with Crippen LogP contribution in [0.2, 0.25) is 0 Å². The maximum Gasteiger partial charge on any atom is 0.306 e. The van der Waals surface area contributed by atoms with Crippen molar-refractivity contribution in [2.75, 3.05) is 17.2 Å². The van der Waals surface area contributed by atoms with Gasteiger partial charge in [0.05, 0.1) is 13.0 Å². The molecule has 27 heavy (non-hydrogen) atoms. The lowest BCUT2D eigenvalue weighted by molar-refractivity contribution is -0.144. The van der Waals surface area contributed by atoms with Gasteiger partial charge in [-0.2, -0.15) is 0 Å². The summed E-state index contributed by atoms with van der Waals surface area (Å²) in [7, 11) is 0. The number of rotatable bonds is 8. The van der Waals surface area contributed by atoms with E-state index in [1.54, 1.807) is 18.2 Å². The molecule has 0 heterocycles. The van der Waals surface area contributed by atoms with Crippen molar-refractivity contribution < 1.29 is 19.1 Å². The third-order valence-electron chi connectivity index (χ3n) is 3.88. The first-order valence-corrected chi connectivity index (χ1v) is 8.81. The summed E-state index contributed by atoms with van der Waals surface area (Å²) in [5, 5.41) is 5.43. The molecule has 0 saturated heterocycles. The predicted molar refractivity (Wildman–Crippen MR) is 104 cm³/mol. The second kappa shape index (κ2) is 10.1. The smallest absolute Gasteiger partial charge is 0.306 e. The fraction of sp³-hybridized carbons (Fsp3) is 0.286. The van der Waals surface area contributed by atoms with Crippen molar-refractivity contribution in [3.8, 4) is 0 Å². The van der Waals surface area contributed by atoms with Gasteiger partial charge in [-0.3, -0.25) is 14.4 Å². The number of nitrogens with one attached hydrogen (secondary N) is 2. The Morgan fingerprint density at radius 2 is 1.70 bits per heavy atom. The summed E-state index contributed by atoms with van der Waals surface area (Å²) >= 11 is 0. The van der Waals surface area contributed by atoms with Gasteiger partial charge in [-0.1, -0.05) is 36.4 Å². The van der Waals surface area contributed by atoms with E-state index in [4.69, 9.17) is 4.74 Å². The fourth-order valence-electron chi connectivity index (χ4n) is 2.46. The van der Waals surface area contributed by atoms with Crippen molar-refractivity contribution in [2.45, 2.75) is 33.1 Å². The molecule has 0 atom stereocenters. The van der Waals surface area contributed by atoms with E-state index < -0.39 is 5.97 Å². The molecule has 0 radical (unpaired) electrons. The molecule has 0 aromatic heterocycles. The van der Waals surface area contributed by atoms with Crippen LogP contribution in [0.3, 0.4) is 0 Å². The standard InChI is InChI=1S/C21H24N2O4/c1-15-8-9-18(14-19(15)22-16(2)24)23-20(25)10-11-21(26)27-13-12-17-6-4-3-5-7-17/h3-9,14H,10-13H2,1-2H3,(H,22,24)(H,23,25). The Labute approximate surface area is 158 Å². The molecule has 0 spiro atoms. The van der Waals surface area contributed by atoms with Crippen LogP contribution in [0, 0.1) is 6.92 Å². The van der Waals surface area contributed by atoms with Crippen LogP contribution >= 0.6 is 0 Å². The number of hydrogen-bond acceptors (Lipinski definition) is 4. The Hall–Kier alpha value is -3.15. The third kappa shape index (κ3) is 7.32. The number of aryl methyl sites for hydroxylation is 1. The van der Waals surface area contributed by atoms with Crippen LogP contribution in [0.1, 0.15) is 30.9 Å². The molecule has 2 rings (SSSR count). The topological polar surface area (TPSA) is 84.5 Å². The number of anilines is 2. The number of carbonyl (C=O) groups is 3. The molecule has 2 N–H and O–H groups in total. The molecule has 2 aromatic rings. The first-order chi connectivity index (χ1) is 12.9. The SMILES string of the molecule is CC(=O)Nc1cc(NC(=O)CCC(=O)OCCc2ccccc2)ccc1C. The van der Waals surface area contributed by atoms with Gasteiger partial charge in [-0.25, -0.2) is 0 Å². The van der Waals surface area contributed by atoms with E-state index in [0.29, 0.717) is 24.4 Å². The second-order valence-corrected chi connectivity index (χ2v) is 6.22. The quantitative estimate of drug-likeness (QED) is 0.699. The summed E-state index contributed by atoms with van der Waals surface area (Å²) in [5.41, 5.74) is 3.19. The predicted octanol–water partition coefficient (Wildman–Crippen LogP) is 3.46. The van der Waals surface area contributed by atoms with Gasteiger partial charge in [-0.05, 0) is 30.2 Å². The highest BCUT2D eigenvalue weighted by atomic mass is 16.5. The summed E-state index contributed by atoms with van der Waals surface area (Å²) in [6.45, 7) is 3.58. The number of carbonyl (C=O) groups excluding carboxylic acids is 3. The van der Waals surface area contributed by atoms with Gasteiger partial charge in [0.1, 0.15) is 0 Å². The number of ether oxygens (including phenoxy) is 1. The molecule has 2 amide bonds. The number of hydrogen-bond donors (Lipinski definition) is 2. The molecule has 0 aliphatic heterocycles. The highest BCUT2D eigenvalue weighted by Crippen LogP contribution is 2.20. The first-order valence-electron chi connectivity index (χ1n) is 8.81. The summed E-state index contributed by atoms with van der Waals surface area (Å²) in [6, 6.07) is 15.0. The van der Waals surface area contributed by atoms with E-state index in [0.717, 1.165) is 11.1 Å². The normalized spacial score (nSPS) is 10.1. The minimum atomic E-state index is -0.399. The third-order valence-corrected chi connectivity index (χ3v) is 3.88. The van der Waals surface area contributed by atoms with Crippen LogP contribution in [-0.2, 0) is 25.5 Å². The lowest BCUT2D eigenvalue weighted by Crippen LogP contribution is -2.15. The van der Waals surface area contributed by atoms with Crippen LogP contribution in [0.4, 0.5) is 11.4 Å². The van der Waals surface area contributed by atoms with Gasteiger partial charge < -0.3 is 15.4 Å². The fourth-order valence-corrected chi connectivity index (χ4v) is 2.46. The van der Waals surface area contributed by atoms with Gasteiger partial charge in [0.2, 0.25) is 11.8 Å². The average molecular weight is 368 g/mol. The van der Waals surface area contributed by atoms with Crippen LogP contribution in [0.5, 0.6) is 0 Å². The largest absolute Gasteiger partial charge is 0.465 e. The van der Waals surface area contributed by atoms with E-state index in [1.165, 1.54) is 6.92 Å². The van der Waals surface area contributed by atoms with E-state index in [9.17, 15) is 14.4 Å². The molecule has 0 aliphatic rings. The molecule has 0 saturated carbocycles. The first kappa shape index (κ1) is 20.2. The average Bonchev–Trinajstić information content (AvgIpc) is 2.63. The number of amides is 2. The molecular formula is C21H24N2O4.